The monoisotopic (exact) mass is 264 g/mol. The van der Waals surface area contributed by atoms with Crippen molar-refractivity contribution in [2.45, 2.75) is 25.9 Å². The molecule has 1 amide bonds. The molecule has 1 aromatic rings. The van der Waals surface area contributed by atoms with Crippen molar-refractivity contribution in [1.82, 2.24) is 0 Å². The molecule has 1 aliphatic heterocycles. The number of carbonyl (C=O) groups is 1. The molecule has 2 rings (SSSR count). The molecule has 1 saturated heterocycles. The van der Waals surface area contributed by atoms with Crippen LogP contribution in [0.3, 0.4) is 0 Å². The normalized spacial score (nSPS) is 15.0. The summed E-state index contributed by atoms with van der Waals surface area (Å²) in [6.07, 6.45) is 1.38. The Hall–Kier alpha value is -1.59. The van der Waals surface area contributed by atoms with Crippen molar-refractivity contribution in [3.63, 3.8) is 0 Å². The van der Waals surface area contributed by atoms with Crippen LogP contribution in [0.25, 0.3) is 0 Å². The number of amides is 1. The number of nitrogen functional groups attached to an aromatic ring is 1. The molecule has 3 N–H and O–H groups in total. The molecule has 1 aromatic carbocycles. The average Bonchev–Trinajstić information content (AvgIpc) is 2.32. The van der Waals surface area contributed by atoms with Gasteiger partial charge >= 0.3 is 0 Å². The third-order valence-electron chi connectivity index (χ3n) is 3.16. The Morgan fingerprint density at radius 3 is 3.00 bits per heavy atom. The molecule has 0 spiro atoms. The van der Waals surface area contributed by atoms with Crippen molar-refractivity contribution in [3.8, 4) is 0 Å². The van der Waals surface area contributed by atoms with Gasteiger partial charge in [-0.05, 0) is 31.0 Å². The smallest absolute Gasteiger partial charge is 0.224 e. The predicted octanol–water partition coefficient (Wildman–Crippen LogP) is 1.71. The fourth-order valence-electron chi connectivity index (χ4n) is 1.79. The number of hydrogen-bond donors (Lipinski definition) is 2. The Balaban J connectivity index is 1.69. The van der Waals surface area contributed by atoms with E-state index in [4.69, 9.17) is 15.2 Å². The van der Waals surface area contributed by atoms with Gasteiger partial charge in [0.05, 0.1) is 13.2 Å². The maximum Gasteiger partial charge on any atom is 0.224 e. The van der Waals surface area contributed by atoms with Crippen molar-refractivity contribution >= 4 is 17.3 Å². The highest BCUT2D eigenvalue weighted by Crippen LogP contribution is 2.20. The van der Waals surface area contributed by atoms with Crippen LogP contribution in [0, 0.1) is 6.92 Å². The lowest BCUT2D eigenvalue weighted by Crippen LogP contribution is -2.36. The van der Waals surface area contributed by atoms with Crippen LogP contribution in [0.1, 0.15) is 18.4 Å². The van der Waals surface area contributed by atoms with Crippen molar-refractivity contribution in [2.75, 3.05) is 30.9 Å². The van der Waals surface area contributed by atoms with Gasteiger partial charge in [0.1, 0.15) is 6.10 Å². The Bertz CT molecular complexity index is 444. The van der Waals surface area contributed by atoms with E-state index in [0.29, 0.717) is 38.3 Å². The summed E-state index contributed by atoms with van der Waals surface area (Å²) >= 11 is 0. The zero-order valence-electron chi connectivity index (χ0n) is 11.1. The lowest BCUT2D eigenvalue weighted by molar-refractivity contribution is -0.131. The van der Waals surface area contributed by atoms with Crippen LogP contribution in [-0.4, -0.2) is 31.8 Å². The Morgan fingerprint density at radius 1 is 1.53 bits per heavy atom. The predicted molar refractivity (Wildman–Crippen MR) is 74.0 cm³/mol. The van der Waals surface area contributed by atoms with Gasteiger partial charge in [-0.3, -0.25) is 4.79 Å². The van der Waals surface area contributed by atoms with Crippen LogP contribution >= 0.6 is 0 Å². The molecule has 0 bridgehead atoms. The highest BCUT2D eigenvalue weighted by molar-refractivity contribution is 5.92. The highest BCUT2D eigenvalue weighted by atomic mass is 16.6. The van der Waals surface area contributed by atoms with Gasteiger partial charge in [-0.15, -0.1) is 0 Å². The maximum absolute atomic E-state index is 11.8. The van der Waals surface area contributed by atoms with Crippen LogP contribution in [0.5, 0.6) is 0 Å². The fraction of sp³-hybridized carbons (Fsp3) is 0.500. The van der Waals surface area contributed by atoms with E-state index in [2.05, 4.69) is 5.32 Å². The van der Waals surface area contributed by atoms with Gasteiger partial charge in [0.2, 0.25) is 5.91 Å². The van der Waals surface area contributed by atoms with E-state index in [0.717, 1.165) is 11.3 Å². The molecule has 5 heteroatoms. The summed E-state index contributed by atoms with van der Waals surface area (Å²) in [5, 5.41) is 2.87. The summed E-state index contributed by atoms with van der Waals surface area (Å²) in [6.45, 7) is 3.84. The molecule has 0 aromatic heterocycles. The van der Waals surface area contributed by atoms with Crippen molar-refractivity contribution in [2.24, 2.45) is 0 Å². The molecule has 5 nitrogen and oxygen atoms in total. The van der Waals surface area contributed by atoms with Crippen molar-refractivity contribution in [1.29, 1.82) is 0 Å². The third-order valence-corrected chi connectivity index (χ3v) is 3.16. The van der Waals surface area contributed by atoms with Crippen LogP contribution in [-0.2, 0) is 14.3 Å². The number of anilines is 2. The van der Waals surface area contributed by atoms with Crippen molar-refractivity contribution in [3.05, 3.63) is 23.8 Å². The number of benzene rings is 1. The number of carbonyl (C=O) groups excluding carboxylic acids is 1. The summed E-state index contributed by atoms with van der Waals surface area (Å²) in [7, 11) is 0. The number of nitrogens with one attached hydrogen (secondary N) is 1. The Kier molecular flexibility index (Phi) is 4.76. The zero-order chi connectivity index (χ0) is 13.7. The standard InChI is InChI=1S/C14H20N2O3/c1-10-12(15)4-2-5-13(10)16-14(17)6-3-7-19-11-8-18-9-11/h2,4-5,11H,3,6-9,15H2,1H3,(H,16,17). The maximum atomic E-state index is 11.8. The van der Waals surface area contributed by atoms with E-state index < -0.39 is 0 Å². The van der Waals surface area contributed by atoms with Gasteiger partial charge < -0.3 is 20.5 Å². The Morgan fingerprint density at radius 2 is 2.32 bits per heavy atom. The number of rotatable bonds is 6. The van der Waals surface area contributed by atoms with Crippen LogP contribution in [0.4, 0.5) is 11.4 Å². The lowest BCUT2D eigenvalue weighted by Gasteiger charge is -2.25. The lowest BCUT2D eigenvalue weighted by atomic mass is 10.1. The van der Waals surface area contributed by atoms with E-state index in [9.17, 15) is 4.79 Å². The molecule has 1 fully saturated rings. The van der Waals surface area contributed by atoms with Crippen LogP contribution in [0.2, 0.25) is 0 Å². The summed E-state index contributed by atoms with van der Waals surface area (Å²) in [4.78, 5) is 11.8. The second-order valence-electron chi connectivity index (χ2n) is 4.70. The summed E-state index contributed by atoms with van der Waals surface area (Å²) in [5.41, 5.74) is 8.15. The largest absolute Gasteiger partial charge is 0.398 e. The first-order valence-corrected chi connectivity index (χ1v) is 6.51. The van der Waals surface area contributed by atoms with Gasteiger partial charge in [-0.1, -0.05) is 6.07 Å². The third kappa shape index (κ3) is 3.94. The van der Waals surface area contributed by atoms with E-state index in [1.165, 1.54) is 0 Å². The van der Waals surface area contributed by atoms with Crippen molar-refractivity contribution < 1.29 is 14.3 Å². The minimum Gasteiger partial charge on any atom is -0.398 e. The van der Waals surface area contributed by atoms with E-state index >= 15 is 0 Å². The molecule has 0 unspecified atom stereocenters. The van der Waals surface area contributed by atoms with Gasteiger partial charge in [0.15, 0.2) is 0 Å². The molecule has 1 heterocycles. The summed E-state index contributed by atoms with van der Waals surface area (Å²) < 4.78 is 10.5. The first-order valence-electron chi connectivity index (χ1n) is 6.51. The summed E-state index contributed by atoms with van der Waals surface area (Å²) in [6, 6.07) is 5.50. The molecule has 0 atom stereocenters. The van der Waals surface area contributed by atoms with Crippen LogP contribution in [0.15, 0.2) is 18.2 Å². The Labute approximate surface area is 113 Å². The minimum atomic E-state index is -0.0119. The van der Waals surface area contributed by atoms with Gasteiger partial charge in [0.25, 0.3) is 0 Å². The van der Waals surface area contributed by atoms with Gasteiger partial charge in [-0.2, -0.15) is 0 Å². The molecular weight excluding hydrogens is 244 g/mol. The number of hydrogen-bond acceptors (Lipinski definition) is 4. The molecule has 19 heavy (non-hydrogen) atoms. The first kappa shape index (κ1) is 13.8. The second-order valence-corrected chi connectivity index (χ2v) is 4.70. The summed E-state index contributed by atoms with van der Waals surface area (Å²) in [5.74, 6) is -0.0119. The van der Waals surface area contributed by atoms with E-state index in [1.807, 2.05) is 25.1 Å². The van der Waals surface area contributed by atoms with Gasteiger partial charge in [-0.25, -0.2) is 0 Å². The minimum absolute atomic E-state index is 0.0119. The molecule has 0 saturated carbocycles. The quantitative estimate of drug-likeness (QED) is 0.606. The SMILES string of the molecule is Cc1c(N)cccc1NC(=O)CCCOC1COC1. The molecule has 104 valence electrons. The number of nitrogens with two attached hydrogens (primary N) is 1. The zero-order valence-corrected chi connectivity index (χ0v) is 11.1. The van der Waals surface area contributed by atoms with Crippen LogP contribution < -0.4 is 11.1 Å². The highest BCUT2D eigenvalue weighted by Gasteiger charge is 2.18. The van der Waals surface area contributed by atoms with E-state index in [-0.39, 0.29) is 12.0 Å². The molecular formula is C14H20N2O3. The second kappa shape index (κ2) is 6.54. The molecule has 1 aliphatic rings. The van der Waals surface area contributed by atoms with Gasteiger partial charge in [0, 0.05) is 24.4 Å². The fourth-order valence-corrected chi connectivity index (χ4v) is 1.79. The number of ether oxygens (including phenoxy) is 2. The first-order chi connectivity index (χ1) is 9.16. The van der Waals surface area contributed by atoms with E-state index in [1.54, 1.807) is 0 Å². The molecule has 0 aliphatic carbocycles. The topological polar surface area (TPSA) is 73.6 Å². The molecule has 0 radical (unpaired) electrons. The average molecular weight is 264 g/mol.